The van der Waals surface area contributed by atoms with Crippen molar-refractivity contribution in [3.05, 3.63) is 77.2 Å². The summed E-state index contributed by atoms with van der Waals surface area (Å²) in [5, 5.41) is 5.44. The van der Waals surface area contributed by atoms with Gasteiger partial charge in [0.15, 0.2) is 0 Å². The highest BCUT2D eigenvalue weighted by molar-refractivity contribution is 7.94. The van der Waals surface area contributed by atoms with Crippen LogP contribution < -0.4 is 14.9 Å². The third-order valence-corrected chi connectivity index (χ3v) is 6.42. The Labute approximate surface area is 175 Å². The molecule has 7 nitrogen and oxygen atoms in total. The third-order valence-electron chi connectivity index (χ3n) is 3.66. The maximum absolute atomic E-state index is 12.4. The second-order valence-corrected chi connectivity index (χ2v) is 8.59. The molecule has 1 aromatic heterocycles. The Morgan fingerprint density at radius 1 is 1.07 bits per heavy atom. The van der Waals surface area contributed by atoms with E-state index in [2.05, 4.69) is 20.0 Å². The minimum Gasteiger partial charge on any atom is -0.435 e. The summed E-state index contributed by atoms with van der Waals surface area (Å²) >= 11 is 1.05. The van der Waals surface area contributed by atoms with E-state index >= 15 is 0 Å². The number of sulfonamides is 1. The number of hydrogen-bond donors (Lipinski definition) is 2. The number of anilines is 1. The zero-order chi connectivity index (χ0) is 21.6. The lowest BCUT2D eigenvalue weighted by atomic mass is 10.2. The van der Waals surface area contributed by atoms with Crippen molar-refractivity contribution >= 4 is 39.2 Å². The number of halogens is 2. The van der Waals surface area contributed by atoms with E-state index in [1.807, 2.05) is 0 Å². The number of carbonyl (C=O) groups excluding carboxylic acids is 1. The van der Waals surface area contributed by atoms with Crippen LogP contribution in [0.3, 0.4) is 0 Å². The zero-order valence-corrected chi connectivity index (χ0v) is 16.8. The molecule has 0 spiro atoms. The molecule has 1 amide bonds. The standard InChI is InChI=1S/C19H15F2N3O4S2/c20-19(21)28-14-9-7-13(8-10-14)12-22-23-18(25)15-4-1-2-5-16(15)24-30(26,27)17-6-3-11-29-17/h1-12,19,24H,(H,23,25). The number of amides is 1. The quantitative estimate of drug-likeness (QED) is 0.401. The molecule has 0 bridgehead atoms. The van der Waals surface area contributed by atoms with Crippen LogP contribution in [-0.4, -0.2) is 27.2 Å². The van der Waals surface area contributed by atoms with Gasteiger partial charge in [-0.05, 0) is 53.4 Å². The van der Waals surface area contributed by atoms with Gasteiger partial charge in [-0.2, -0.15) is 13.9 Å². The molecule has 1 heterocycles. The Kier molecular flexibility index (Phi) is 6.75. The summed E-state index contributed by atoms with van der Waals surface area (Å²) in [7, 11) is -3.82. The molecule has 0 saturated heterocycles. The average Bonchev–Trinajstić information content (AvgIpc) is 3.25. The number of rotatable bonds is 8. The number of benzene rings is 2. The van der Waals surface area contributed by atoms with Crippen LogP contribution in [0.4, 0.5) is 14.5 Å². The van der Waals surface area contributed by atoms with Crippen molar-refractivity contribution in [1.29, 1.82) is 0 Å². The van der Waals surface area contributed by atoms with E-state index in [0.717, 1.165) is 11.3 Å². The first-order valence-corrected chi connectivity index (χ1v) is 10.7. The van der Waals surface area contributed by atoms with Crippen LogP contribution in [0.25, 0.3) is 0 Å². The molecule has 2 N–H and O–H groups in total. The number of alkyl halides is 2. The van der Waals surface area contributed by atoms with Crippen molar-refractivity contribution in [2.75, 3.05) is 4.72 Å². The van der Waals surface area contributed by atoms with Crippen molar-refractivity contribution in [1.82, 2.24) is 5.43 Å². The number of hydrogen-bond acceptors (Lipinski definition) is 6. The van der Waals surface area contributed by atoms with Gasteiger partial charge < -0.3 is 4.74 Å². The summed E-state index contributed by atoms with van der Waals surface area (Å²) in [5.41, 5.74) is 3.02. The fourth-order valence-corrected chi connectivity index (χ4v) is 4.42. The summed E-state index contributed by atoms with van der Waals surface area (Å²) in [5.74, 6) is -0.633. The lowest BCUT2D eigenvalue weighted by molar-refractivity contribution is -0.0498. The van der Waals surface area contributed by atoms with Crippen molar-refractivity contribution < 1.29 is 26.7 Å². The number of nitrogens with zero attached hydrogens (tertiary/aromatic N) is 1. The van der Waals surface area contributed by atoms with Crippen molar-refractivity contribution in [3.8, 4) is 5.75 Å². The summed E-state index contributed by atoms with van der Waals surface area (Å²) in [6, 6.07) is 14.8. The molecule has 0 unspecified atom stereocenters. The van der Waals surface area contributed by atoms with Crippen LogP contribution in [0.2, 0.25) is 0 Å². The lowest BCUT2D eigenvalue weighted by Gasteiger charge is -2.10. The van der Waals surface area contributed by atoms with Crippen LogP contribution in [0.15, 0.2) is 75.4 Å². The topological polar surface area (TPSA) is 96.9 Å². The largest absolute Gasteiger partial charge is 0.435 e. The van der Waals surface area contributed by atoms with Gasteiger partial charge >= 0.3 is 6.61 Å². The molecule has 0 aliphatic carbocycles. The van der Waals surface area contributed by atoms with E-state index in [1.165, 1.54) is 48.7 Å². The summed E-state index contributed by atoms with van der Waals surface area (Å²) in [4.78, 5) is 12.4. The highest BCUT2D eigenvalue weighted by Crippen LogP contribution is 2.23. The van der Waals surface area contributed by atoms with Gasteiger partial charge in [-0.15, -0.1) is 11.3 Å². The first-order chi connectivity index (χ1) is 14.3. The maximum Gasteiger partial charge on any atom is 0.387 e. The second-order valence-electron chi connectivity index (χ2n) is 5.73. The van der Waals surface area contributed by atoms with E-state index in [1.54, 1.807) is 23.6 Å². The first kappa shape index (κ1) is 21.4. The van der Waals surface area contributed by atoms with Gasteiger partial charge in [-0.25, -0.2) is 13.8 Å². The van der Waals surface area contributed by atoms with E-state index in [0.29, 0.717) is 5.56 Å². The molecular formula is C19H15F2N3O4S2. The van der Waals surface area contributed by atoms with Gasteiger partial charge in [-0.1, -0.05) is 18.2 Å². The molecule has 3 aromatic rings. The van der Waals surface area contributed by atoms with Crippen molar-refractivity contribution in [2.24, 2.45) is 5.10 Å². The Balaban J connectivity index is 1.68. The Morgan fingerprint density at radius 3 is 2.47 bits per heavy atom. The molecule has 156 valence electrons. The van der Waals surface area contributed by atoms with Crippen LogP contribution in [0.5, 0.6) is 5.75 Å². The van der Waals surface area contributed by atoms with E-state index < -0.39 is 22.5 Å². The predicted molar refractivity (Wildman–Crippen MR) is 110 cm³/mol. The van der Waals surface area contributed by atoms with E-state index in [-0.39, 0.29) is 21.2 Å². The van der Waals surface area contributed by atoms with Crippen LogP contribution in [0.1, 0.15) is 15.9 Å². The van der Waals surface area contributed by atoms with Gasteiger partial charge in [-0.3, -0.25) is 9.52 Å². The normalized spacial score (nSPS) is 11.6. The summed E-state index contributed by atoms with van der Waals surface area (Å²) in [6.45, 7) is -2.92. The minimum atomic E-state index is -3.82. The molecule has 0 atom stereocenters. The number of thiophene rings is 1. The molecule has 0 saturated carbocycles. The number of hydrazone groups is 1. The Hall–Kier alpha value is -3.31. The molecule has 11 heteroatoms. The van der Waals surface area contributed by atoms with Gasteiger partial charge in [0.05, 0.1) is 17.5 Å². The third kappa shape index (κ3) is 5.61. The van der Waals surface area contributed by atoms with Crippen LogP contribution in [-0.2, 0) is 10.0 Å². The number of nitrogens with one attached hydrogen (secondary N) is 2. The second kappa shape index (κ2) is 9.46. The molecule has 0 aliphatic rings. The fraction of sp³-hybridized carbons (Fsp3) is 0.0526. The maximum atomic E-state index is 12.4. The molecule has 0 fully saturated rings. The van der Waals surface area contributed by atoms with Gasteiger partial charge in [0, 0.05) is 0 Å². The highest BCUT2D eigenvalue weighted by atomic mass is 32.2. The van der Waals surface area contributed by atoms with E-state index in [4.69, 9.17) is 0 Å². The molecule has 2 aromatic carbocycles. The molecule has 3 rings (SSSR count). The van der Waals surface area contributed by atoms with Crippen LogP contribution >= 0.6 is 11.3 Å². The predicted octanol–water partition coefficient (Wildman–Crippen LogP) is 3.91. The smallest absolute Gasteiger partial charge is 0.387 e. The van der Waals surface area contributed by atoms with Gasteiger partial charge in [0.25, 0.3) is 15.9 Å². The molecule has 0 aliphatic heterocycles. The first-order valence-electron chi connectivity index (χ1n) is 8.39. The molecule has 30 heavy (non-hydrogen) atoms. The average molecular weight is 451 g/mol. The van der Waals surface area contributed by atoms with Gasteiger partial charge in [0.2, 0.25) is 0 Å². The van der Waals surface area contributed by atoms with Crippen molar-refractivity contribution in [2.45, 2.75) is 10.8 Å². The Morgan fingerprint density at radius 2 is 1.80 bits per heavy atom. The van der Waals surface area contributed by atoms with Crippen LogP contribution in [0, 0.1) is 0 Å². The number of carbonyl (C=O) groups is 1. The highest BCUT2D eigenvalue weighted by Gasteiger charge is 2.19. The van der Waals surface area contributed by atoms with E-state index in [9.17, 15) is 22.0 Å². The Bertz CT molecular complexity index is 1130. The lowest BCUT2D eigenvalue weighted by Crippen LogP contribution is -2.21. The SMILES string of the molecule is O=C(NN=Cc1ccc(OC(F)F)cc1)c1ccccc1NS(=O)(=O)c1cccs1. The van der Waals surface area contributed by atoms with Gasteiger partial charge in [0.1, 0.15) is 9.96 Å². The number of ether oxygens (including phenoxy) is 1. The monoisotopic (exact) mass is 451 g/mol. The summed E-state index contributed by atoms with van der Waals surface area (Å²) in [6.07, 6.45) is 1.31. The fourth-order valence-electron chi connectivity index (χ4n) is 2.34. The van der Waals surface area contributed by atoms with Crippen molar-refractivity contribution in [3.63, 3.8) is 0 Å². The summed E-state index contributed by atoms with van der Waals surface area (Å²) < 4.78 is 55.9. The molecule has 0 radical (unpaired) electrons. The zero-order valence-electron chi connectivity index (χ0n) is 15.2. The minimum absolute atomic E-state index is 0.00172. The number of para-hydroxylation sites is 1. The molecular weight excluding hydrogens is 436 g/mol.